The van der Waals surface area contributed by atoms with E-state index in [-0.39, 0.29) is 27.1 Å². The fraction of sp³-hybridized carbons (Fsp3) is 0.593. The molecule has 0 heterocycles. The standard InChI is InChI=1S/C59H90O10P2/c1-17-19-33-60-35-37-62-39-41-64-70(68-53-31-25-47(55(3,4)5)43-51(53)57(9,10)11)66-49-27-21-45(22-28-49)59(15,16)46-23-29-50(30-24-46)67-71(65-42-40-63-38-36-61-34-20-18-2)69-54-32-26-48(56(6,7)8)44-52(54)58(12,13)14/h21-32,43-44H,17-20,33-42H2,1-16H3. The van der Waals surface area contributed by atoms with Crippen LogP contribution < -0.4 is 18.1 Å². The molecule has 0 radical (unpaired) electrons. The zero-order valence-electron chi connectivity index (χ0n) is 46.5. The summed E-state index contributed by atoms with van der Waals surface area (Å²) in [4.78, 5) is 0. The summed E-state index contributed by atoms with van der Waals surface area (Å²) in [6.07, 6.45) is 4.31. The van der Waals surface area contributed by atoms with Crippen LogP contribution >= 0.6 is 17.2 Å². The van der Waals surface area contributed by atoms with Gasteiger partial charge in [-0.3, -0.25) is 9.05 Å². The molecule has 0 N–H and O–H groups in total. The average molecular weight is 1020 g/mol. The average Bonchev–Trinajstić information content (AvgIpc) is 3.29. The van der Waals surface area contributed by atoms with Crippen molar-refractivity contribution < 1.29 is 46.1 Å². The normalized spacial score (nSPS) is 13.5. The quantitative estimate of drug-likeness (QED) is 0.0371. The summed E-state index contributed by atoms with van der Waals surface area (Å²) >= 11 is 0. The molecule has 0 aliphatic heterocycles. The maximum Gasteiger partial charge on any atom is 0.463 e. The Morgan fingerprint density at radius 1 is 0.338 bits per heavy atom. The first-order chi connectivity index (χ1) is 33.4. The second kappa shape index (κ2) is 28.4. The Bertz CT molecular complexity index is 1980. The van der Waals surface area contributed by atoms with Gasteiger partial charge in [0.15, 0.2) is 0 Å². The largest absolute Gasteiger partial charge is 0.463 e. The van der Waals surface area contributed by atoms with Crippen molar-refractivity contribution in [3.05, 3.63) is 118 Å². The maximum absolute atomic E-state index is 6.64. The highest BCUT2D eigenvalue weighted by Crippen LogP contribution is 2.48. The van der Waals surface area contributed by atoms with Crippen molar-refractivity contribution in [2.45, 2.75) is 164 Å². The molecule has 4 rings (SSSR count). The lowest BCUT2D eigenvalue weighted by atomic mass is 9.78. The van der Waals surface area contributed by atoms with Gasteiger partial charge in [0.2, 0.25) is 0 Å². The second-order valence-electron chi connectivity index (χ2n) is 22.7. The first-order valence-electron chi connectivity index (χ1n) is 25.8. The lowest BCUT2D eigenvalue weighted by Crippen LogP contribution is -2.19. The minimum absolute atomic E-state index is 0.0111. The first kappa shape index (κ1) is 60.3. The van der Waals surface area contributed by atoms with Gasteiger partial charge in [-0.2, -0.15) is 0 Å². The highest BCUT2D eigenvalue weighted by molar-refractivity contribution is 7.42. The zero-order chi connectivity index (χ0) is 52.3. The summed E-state index contributed by atoms with van der Waals surface area (Å²) in [6, 6.07) is 29.2. The molecule has 2 atom stereocenters. The van der Waals surface area contributed by atoms with Crippen LogP contribution in [0.4, 0.5) is 0 Å². The minimum atomic E-state index is -1.84. The van der Waals surface area contributed by atoms with Crippen LogP contribution in [0.25, 0.3) is 0 Å². The summed E-state index contributed by atoms with van der Waals surface area (Å²) in [5.74, 6) is 2.79. The van der Waals surface area contributed by atoms with Crippen molar-refractivity contribution >= 4 is 17.2 Å². The second-order valence-corrected chi connectivity index (χ2v) is 24.9. The minimum Gasteiger partial charge on any atom is -0.418 e. The van der Waals surface area contributed by atoms with E-state index < -0.39 is 17.2 Å². The molecule has 0 aliphatic rings. The molecule has 4 aromatic rings. The summed E-state index contributed by atoms with van der Waals surface area (Å²) in [7, 11) is -3.67. The number of rotatable bonds is 30. The Kier molecular flexibility index (Phi) is 24.1. The fourth-order valence-corrected chi connectivity index (χ4v) is 9.27. The third kappa shape index (κ3) is 20.5. The van der Waals surface area contributed by atoms with Crippen molar-refractivity contribution in [2.75, 3.05) is 66.1 Å². The first-order valence-corrected chi connectivity index (χ1v) is 28.0. The molecule has 0 spiro atoms. The molecule has 10 nitrogen and oxygen atoms in total. The van der Waals surface area contributed by atoms with E-state index in [4.69, 9.17) is 46.1 Å². The molecule has 2 unspecified atom stereocenters. The van der Waals surface area contributed by atoms with Gasteiger partial charge in [0, 0.05) is 29.8 Å². The third-order valence-electron chi connectivity index (χ3n) is 12.0. The zero-order valence-corrected chi connectivity index (χ0v) is 48.2. The van der Waals surface area contributed by atoms with Crippen LogP contribution in [0.15, 0.2) is 84.9 Å². The van der Waals surface area contributed by atoms with Gasteiger partial charge in [-0.1, -0.05) is 172 Å². The molecule has 0 amide bonds. The molecule has 0 saturated heterocycles. The van der Waals surface area contributed by atoms with Gasteiger partial charge in [-0.25, -0.2) is 0 Å². The van der Waals surface area contributed by atoms with Gasteiger partial charge >= 0.3 is 17.2 Å². The molecule has 0 bridgehead atoms. The van der Waals surface area contributed by atoms with Crippen LogP contribution in [0, 0.1) is 0 Å². The summed E-state index contributed by atoms with van der Waals surface area (Å²) in [5, 5.41) is 0. The topological polar surface area (TPSA) is 92.3 Å². The molecule has 0 aromatic heterocycles. The molecule has 0 fully saturated rings. The predicted octanol–water partition coefficient (Wildman–Crippen LogP) is 16.3. The van der Waals surface area contributed by atoms with Crippen molar-refractivity contribution in [2.24, 2.45) is 0 Å². The Balaban J connectivity index is 1.50. The summed E-state index contributed by atoms with van der Waals surface area (Å²) < 4.78 is 61.9. The van der Waals surface area contributed by atoms with E-state index in [0.717, 1.165) is 72.6 Å². The number of hydrogen-bond donors (Lipinski definition) is 0. The molecule has 71 heavy (non-hydrogen) atoms. The summed E-state index contributed by atoms with van der Waals surface area (Å²) in [5.41, 5.74) is 6.19. The Hall–Kier alpha value is -3.30. The van der Waals surface area contributed by atoms with Crippen LogP contribution in [0.5, 0.6) is 23.0 Å². The Morgan fingerprint density at radius 3 is 0.958 bits per heavy atom. The molecular formula is C59H90O10P2. The van der Waals surface area contributed by atoms with Crippen LogP contribution in [0.3, 0.4) is 0 Å². The highest BCUT2D eigenvalue weighted by atomic mass is 31.2. The van der Waals surface area contributed by atoms with Gasteiger partial charge in [-0.05, 0) is 93.2 Å². The van der Waals surface area contributed by atoms with Crippen LogP contribution in [0.2, 0.25) is 0 Å². The third-order valence-corrected chi connectivity index (χ3v) is 14.2. The molecule has 0 saturated carbocycles. The van der Waals surface area contributed by atoms with E-state index in [1.807, 2.05) is 36.4 Å². The van der Waals surface area contributed by atoms with Crippen LogP contribution in [-0.2, 0) is 55.1 Å². The van der Waals surface area contributed by atoms with Crippen molar-refractivity contribution in [3.63, 3.8) is 0 Å². The maximum atomic E-state index is 6.64. The SMILES string of the molecule is CCCCOCCOCCOP(Oc1ccc(C(C)(C)c2ccc(OP(OCCOCCOCCCC)Oc3ccc(C(C)(C)C)cc3C(C)(C)C)cc2)cc1)Oc1ccc(C(C)(C)C)cc1C(C)(C)C. The Labute approximate surface area is 432 Å². The van der Waals surface area contributed by atoms with Crippen molar-refractivity contribution in [1.29, 1.82) is 0 Å². The van der Waals surface area contributed by atoms with E-state index in [1.54, 1.807) is 0 Å². The lowest BCUT2D eigenvalue weighted by molar-refractivity contribution is 0.0345. The van der Waals surface area contributed by atoms with Crippen molar-refractivity contribution in [3.8, 4) is 23.0 Å². The van der Waals surface area contributed by atoms with E-state index in [2.05, 4.69) is 159 Å². The van der Waals surface area contributed by atoms with E-state index in [1.165, 1.54) is 11.1 Å². The Morgan fingerprint density at radius 2 is 0.648 bits per heavy atom. The number of hydrogen-bond acceptors (Lipinski definition) is 10. The van der Waals surface area contributed by atoms with E-state index in [9.17, 15) is 0 Å². The number of benzene rings is 4. The smallest absolute Gasteiger partial charge is 0.418 e. The molecular weight excluding hydrogens is 931 g/mol. The number of unbranched alkanes of at least 4 members (excludes halogenated alkanes) is 2. The fourth-order valence-electron chi connectivity index (χ4n) is 7.31. The summed E-state index contributed by atoms with van der Waals surface area (Å²) in [6.45, 7) is 40.3. The predicted molar refractivity (Wildman–Crippen MR) is 294 cm³/mol. The van der Waals surface area contributed by atoms with E-state index in [0.29, 0.717) is 64.4 Å². The van der Waals surface area contributed by atoms with Gasteiger partial charge in [-0.15, -0.1) is 0 Å². The van der Waals surface area contributed by atoms with Gasteiger partial charge in [0.05, 0.1) is 52.9 Å². The highest BCUT2D eigenvalue weighted by Gasteiger charge is 2.30. The number of ether oxygens (including phenoxy) is 4. The monoisotopic (exact) mass is 1020 g/mol. The van der Waals surface area contributed by atoms with E-state index >= 15 is 0 Å². The lowest BCUT2D eigenvalue weighted by Gasteiger charge is -2.29. The molecule has 0 aliphatic carbocycles. The van der Waals surface area contributed by atoms with Gasteiger partial charge < -0.3 is 37.0 Å². The van der Waals surface area contributed by atoms with Crippen LogP contribution in [0.1, 0.15) is 170 Å². The molecule has 12 heteroatoms. The molecule has 4 aromatic carbocycles. The van der Waals surface area contributed by atoms with Crippen LogP contribution in [-0.4, -0.2) is 66.1 Å². The molecule has 396 valence electrons. The van der Waals surface area contributed by atoms with Gasteiger partial charge in [0.1, 0.15) is 23.0 Å². The van der Waals surface area contributed by atoms with Crippen molar-refractivity contribution in [1.82, 2.24) is 0 Å². The van der Waals surface area contributed by atoms with Gasteiger partial charge in [0.25, 0.3) is 0 Å².